The number of thioether (sulfide) groups is 1. The first-order chi connectivity index (χ1) is 12.9. The molecule has 2 aromatic rings. The van der Waals surface area contributed by atoms with Crippen LogP contribution < -0.4 is 10.9 Å². The first kappa shape index (κ1) is 22.2. The van der Waals surface area contributed by atoms with Crippen LogP contribution in [0.2, 0.25) is 5.02 Å². The van der Waals surface area contributed by atoms with E-state index in [9.17, 15) is 31.1 Å². The van der Waals surface area contributed by atoms with E-state index in [1.165, 1.54) is 17.8 Å². The molecule has 0 fully saturated rings. The van der Waals surface area contributed by atoms with Crippen LogP contribution in [-0.4, -0.2) is 11.7 Å². The number of halogens is 7. The van der Waals surface area contributed by atoms with Crippen LogP contribution in [-0.2, 0) is 12.4 Å². The van der Waals surface area contributed by atoms with Crippen molar-refractivity contribution in [2.75, 3.05) is 11.2 Å². The molecule has 28 heavy (non-hydrogen) atoms. The van der Waals surface area contributed by atoms with E-state index >= 15 is 0 Å². The maximum Gasteiger partial charge on any atom is 0.416 e. The highest BCUT2D eigenvalue weighted by molar-refractivity contribution is 7.99. The summed E-state index contributed by atoms with van der Waals surface area (Å²) in [5.74, 6) is -0.435. The van der Waals surface area contributed by atoms with Crippen LogP contribution >= 0.6 is 23.4 Å². The molecule has 3 nitrogen and oxygen atoms in total. The molecular weight excluding hydrogens is 430 g/mol. The highest BCUT2D eigenvalue weighted by atomic mass is 35.5. The molecule has 2 N–H and O–H groups in total. The molecule has 0 atom stereocenters. The third kappa shape index (κ3) is 5.71. The second-order valence-corrected chi connectivity index (χ2v) is 7.19. The summed E-state index contributed by atoms with van der Waals surface area (Å²) >= 11 is 6.85. The zero-order chi connectivity index (χ0) is 21.1. The second kappa shape index (κ2) is 8.52. The SMILES string of the molecule is CCSc1ccc(C(F)(F)F)cc1NNC(=O)c1cc(Cl)cc(C(F)(F)F)c1. The number of benzene rings is 2. The molecule has 0 saturated heterocycles. The first-order valence-electron chi connectivity index (χ1n) is 7.70. The number of carbonyl (C=O) groups is 1. The molecular formula is C17H13ClF6N2OS. The van der Waals surface area contributed by atoms with Crippen molar-refractivity contribution in [3.63, 3.8) is 0 Å². The predicted molar refractivity (Wildman–Crippen MR) is 95.4 cm³/mol. The molecule has 0 radical (unpaired) electrons. The Morgan fingerprint density at radius 2 is 1.64 bits per heavy atom. The van der Waals surface area contributed by atoms with Crippen molar-refractivity contribution < 1.29 is 31.1 Å². The van der Waals surface area contributed by atoms with Crippen molar-refractivity contribution in [2.45, 2.75) is 24.2 Å². The first-order valence-corrected chi connectivity index (χ1v) is 9.06. The lowest BCUT2D eigenvalue weighted by Gasteiger charge is -2.16. The monoisotopic (exact) mass is 442 g/mol. The standard InChI is InChI=1S/C17H13ClF6N2OS/c1-2-28-14-4-3-10(16(19,20)21)8-13(14)25-26-15(27)9-5-11(17(22,23)24)7-12(18)6-9/h3-8,25H,2H2,1H3,(H,26,27). The van der Waals surface area contributed by atoms with E-state index in [2.05, 4.69) is 10.9 Å². The van der Waals surface area contributed by atoms with E-state index in [1.807, 2.05) is 0 Å². The molecule has 0 aliphatic rings. The van der Waals surface area contributed by atoms with Crippen molar-refractivity contribution >= 4 is 35.0 Å². The lowest BCUT2D eigenvalue weighted by Crippen LogP contribution is -2.30. The van der Waals surface area contributed by atoms with Crippen LogP contribution in [0.3, 0.4) is 0 Å². The number of hydrogen-bond acceptors (Lipinski definition) is 3. The Bertz CT molecular complexity index is 870. The van der Waals surface area contributed by atoms with Gasteiger partial charge in [0.15, 0.2) is 0 Å². The van der Waals surface area contributed by atoms with Crippen molar-refractivity contribution in [1.29, 1.82) is 0 Å². The molecule has 11 heteroatoms. The van der Waals surface area contributed by atoms with Gasteiger partial charge >= 0.3 is 12.4 Å². The Labute approximate surface area is 165 Å². The van der Waals surface area contributed by atoms with Gasteiger partial charge < -0.3 is 0 Å². The number of anilines is 1. The third-order valence-corrected chi connectivity index (χ3v) is 4.58. The Morgan fingerprint density at radius 3 is 2.21 bits per heavy atom. The lowest BCUT2D eigenvalue weighted by atomic mass is 10.1. The lowest BCUT2D eigenvalue weighted by molar-refractivity contribution is -0.138. The molecule has 0 aliphatic carbocycles. The van der Waals surface area contributed by atoms with Gasteiger partial charge in [-0.3, -0.25) is 15.6 Å². The quantitative estimate of drug-likeness (QED) is 0.327. The summed E-state index contributed by atoms with van der Waals surface area (Å²) in [7, 11) is 0. The van der Waals surface area contributed by atoms with Crippen molar-refractivity contribution in [2.24, 2.45) is 0 Å². The van der Waals surface area contributed by atoms with Gasteiger partial charge in [0.2, 0.25) is 0 Å². The topological polar surface area (TPSA) is 41.1 Å². The molecule has 2 aromatic carbocycles. The maximum absolute atomic E-state index is 12.9. The van der Waals surface area contributed by atoms with E-state index in [4.69, 9.17) is 11.6 Å². The summed E-state index contributed by atoms with van der Waals surface area (Å²) < 4.78 is 77.2. The normalized spacial score (nSPS) is 12.0. The molecule has 1 amide bonds. The molecule has 0 heterocycles. The molecule has 0 spiro atoms. The average molecular weight is 443 g/mol. The van der Waals surface area contributed by atoms with Gasteiger partial charge in [0.05, 0.1) is 16.8 Å². The van der Waals surface area contributed by atoms with Crippen LogP contribution in [0.5, 0.6) is 0 Å². The zero-order valence-electron chi connectivity index (χ0n) is 14.1. The number of amides is 1. The van der Waals surface area contributed by atoms with Gasteiger partial charge in [-0.05, 0) is 42.2 Å². The summed E-state index contributed by atoms with van der Waals surface area (Å²) in [6.45, 7) is 1.79. The van der Waals surface area contributed by atoms with Gasteiger partial charge in [-0.25, -0.2) is 0 Å². The number of hydrogen-bond donors (Lipinski definition) is 2. The molecule has 0 unspecified atom stereocenters. The minimum absolute atomic E-state index is 0.0342. The Balaban J connectivity index is 2.26. The van der Waals surface area contributed by atoms with Gasteiger partial charge in [0.1, 0.15) is 0 Å². The fraction of sp³-hybridized carbons (Fsp3) is 0.235. The number of alkyl halides is 6. The summed E-state index contributed by atoms with van der Waals surface area (Å²) in [6, 6.07) is 5.22. The van der Waals surface area contributed by atoms with E-state index in [0.29, 0.717) is 22.8 Å². The van der Waals surface area contributed by atoms with Gasteiger partial charge in [-0.15, -0.1) is 11.8 Å². The summed E-state index contributed by atoms with van der Waals surface area (Å²) in [5, 5.41) is -0.304. The molecule has 0 aromatic heterocycles. The highest BCUT2D eigenvalue weighted by Gasteiger charge is 2.32. The number of hydrazine groups is 1. The van der Waals surface area contributed by atoms with Crippen LogP contribution in [0.4, 0.5) is 32.0 Å². The van der Waals surface area contributed by atoms with Crippen molar-refractivity contribution in [3.8, 4) is 0 Å². The van der Waals surface area contributed by atoms with Crippen LogP contribution in [0.25, 0.3) is 0 Å². The molecule has 0 aliphatic heterocycles. The smallest absolute Gasteiger partial charge is 0.297 e. The molecule has 0 bridgehead atoms. The van der Waals surface area contributed by atoms with E-state index < -0.39 is 35.0 Å². The van der Waals surface area contributed by atoms with Gasteiger partial charge in [0, 0.05) is 15.5 Å². The minimum Gasteiger partial charge on any atom is -0.297 e. The van der Waals surface area contributed by atoms with Gasteiger partial charge in [-0.1, -0.05) is 18.5 Å². The molecule has 0 saturated carbocycles. The Morgan fingerprint density at radius 1 is 1.00 bits per heavy atom. The fourth-order valence-corrected chi connectivity index (χ4v) is 3.14. The van der Waals surface area contributed by atoms with Crippen molar-refractivity contribution in [3.05, 3.63) is 58.1 Å². The van der Waals surface area contributed by atoms with E-state index in [-0.39, 0.29) is 10.7 Å². The second-order valence-electron chi connectivity index (χ2n) is 5.45. The van der Waals surface area contributed by atoms with Crippen LogP contribution in [0, 0.1) is 0 Å². The highest BCUT2D eigenvalue weighted by Crippen LogP contribution is 2.35. The largest absolute Gasteiger partial charge is 0.416 e. The maximum atomic E-state index is 12.9. The summed E-state index contributed by atoms with van der Waals surface area (Å²) in [6.07, 6.45) is -9.30. The number of carbonyl (C=O) groups excluding carboxylic acids is 1. The fourth-order valence-electron chi connectivity index (χ4n) is 2.17. The Hall–Kier alpha value is -2.07. The van der Waals surface area contributed by atoms with E-state index in [0.717, 1.165) is 18.2 Å². The van der Waals surface area contributed by atoms with Crippen LogP contribution in [0.15, 0.2) is 41.3 Å². The number of nitrogens with one attached hydrogen (secondary N) is 2. The van der Waals surface area contributed by atoms with Gasteiger partial charge in [0.25, 0.3) is 5.91 Å². The predicted octanol–water partition coefficient (Wildman–Crippen LogP) is 6.25. The van der Waals surface area contributed by atoms with Crippen molar-refractivity contribution in [1.82, 2.24) is 5.43 Å². The molecule has 2 rings (SSSR count). The zero-order valence-corrected chi connectivity index (χ0v) is 15.7. The number of rotatable bonds is 5. The third-order valence-electron chi connectivity index (χ3n) is 3.40. The van der Waals surface area contributed by atoms with E-state index in [1.54, 1.807) is 6.92 Å². The Kier molecular flexibility index (Phi) is 6.76. The van der Waals surface area contributed by atoms with Crippen LogP contribution in [0.1, 0.15) is 28.4 Å². The van der Waals surface area contributed by atoms with Gasteiger partial charge in [-0.2, -0.15) is 26.3 Å². The summed E-state index contributed by atoms with van der Waals surface area (Å²) in [5.41, 5.74) is 1.95. The minimum atomic E-state index is -4.71. The summed E-state index contributed by atoms with van der Waals surface area (Å²) in [4.78, 5) is 12.6. The average Bonchev–Trinajstić information content (AvgIpc) is 2.58. The molecule has 152 valence electrons.